The Kier molecular flexibility index (Phi) is 2.54. The summed E-state index contributed by atoms with van der Waals surface area (Å²) in [5.41, 5.74) is 9.05. The molecule has 0 saturated heterocycles. The number of nitrogens with two attached hydrogens (primary N) is 1. The molecule has 1 aromatic rings. The molecule has 1 aliphatic rings. The Hall–Kier alpha value is -1.64. The average molecular weight is 202 g/mol. The van der Waals surface area contributed by atoms with Crippen LogP contribution in [-0.4, -0.2) is 18.5 Å². The Labute approximate surface area is 89.0 Å². The average Bonchev–Trinajstić information content (AvgIpc) is 3.03. The molecule has 1 aliphatic carbocycles. The van der Waals surface area contributed by atoms with Gasteiger partial charge in [0.25, 0.3) is 0 Å². The van der Waals surface area contributed by atoms with Crippen LogP contribution in [0.5, 0.6) is 0 Å². The molecule has 0 atom stereocenters. The van der Waals surface area contributed by atoms with Crippen LogP contribution in [0.25, 0.3) is 0 Å². The molecule has 1 saturated carbocycles. The normalized spacial score (nSPS) is 15.8. The van der Waals surface area contributed by atoms with Crippen molar-refractivity contribution in [2.75, 3.05) is 5.73 Å². The van der Waals surface area contributed by atoms with Crippen LogP contribution in [0.4, 0.5) is 5.69 Å². The van der Waals surface area contributed by atoms with Gasteiger partial charge in [-0.25, -0.2) is 0 Å². The fourth-order valence-electron chi connectivity index (χ4n) is 1.44. The van der Waals surface area contributed by atoms with Gasteiger partial charge in [-0.05, 0) is 37.5 Å². The minimum absolute atomic E-state index is 0.476. The zero-order chi connectivity index (χ0) is 10.8. The van der Waals surface area contributed by atoms with Crippen molar-refractivity contribution in [3.05, 3.63) is 28.8 Å². The summed E-state index contributed by atoms with van der Waals surface area (Å²) in [6.07, 6.45) is 4.96. The number of anilines is 1. The third kappa shape index (κ3) is 2.24. The van der Waals surface area contributed by atoms with Crippen LogP contribution in [0.15, 0.2) is 17.1 Å². The Morgan fingerprint density at radius 2 is 2.20 bits per heavy atom. The maximum absolute atomic E-state index is 10.7. The van der Waals surface area contributed by atoms with Crippen LogP contribution in [-0.2, 0) is 0 Å². The summed E-state index contributed by atoms with van der Waals surface area (Å²) < 4.78 is 0. The lowest BCUT2D eigenvalue weighted by Crippen LogP contribution is -1.99. The first kappa shape index (κ1) is 9.90. The SMILES string of the molecule is Cc1cc(C=O)cc(C=NC2CC2)c1N. The molecule has 78 valence electrons. The van der Waals surface area contributed by atoms with Crippen molar-refractivity contribution < 1.29 is 4.79 Å². The molecule has 0 aliphatic heterocycles. The highest BCUT2D eigenvalue weighted by atomic mass is 16.1. The van der Waals surface area contributed by atoms with Crippen molar-refractivity contribution in [1.29, 1.82) is 0 Å². The van der Waals surface area contributed by atoms with Crippen molar-refractivity contribution >= 4 is 18.2 Å². The van der Waals surface area contributed by atoms with E-state index >= 15 is 0 Å². The second-order valence-electron chi connectivity index (χ2n) is 3.97. The van der Waals surface area contributed by atoms with E-state index in [1.165, 1.54) is 12.8 Å². The Morgan fingerprint density at radius 3 is 2.80 bits per heavy atom. The summed E-state index contributed by atoms with van der Waals surface area (Å²) in [6.45, 7) is 1.90. The summed E-state index contributed by atoms with van der Waals surface area (Å²) in [7, 11) is 0. The zero-order valence-electron chi connectivity index (χ0n) is 8.73. The number of aryl methyl sites for hydroxylation is 1. The van der Waals surface area contributed by atoms with Gasteiger partial charge in [-0.15, -0.1) is 0 Å². The summed E-state index contributed by atoms with van der Waals surface area (Å²) >= 11 is 0. The number of hydrogen-bond donors (Lipinski definition) is 1. The third-order valence-electron chi connectivity index (χ3n) is 2.55. The van der Waals surface area contributed by atoms with Gasteiger partial charge in [-0.1, -0.05) is 0 Å². The molecule has 0 amide bonds. The Morgan fingerprint density at radius 1 is 1.47 bits per heavy atom. The van der Waals surface area contributed by atoms with E-state index in [4.69, 9.17) is 5.73 Å². The van der Waals surface area contributed by atoms with Gasteiger partial charge in [0.1, 0.15) is 6.29 Å². The van der Waals surface area contributed by atoms with Gasteiger partial charge < -0.3 is 5.73 Å². The molecule has 1 fully saturated rings. The zero-order valence-corrected chi connectivity index (χ0v) is 8.73. The Bertz CT molecular complexity index is 420. The molecule has 0 radical (unpaired) electrons. The number of carbonyl (C=O) groups is 1. The lowest BCUT2D eigenvalue weighted by molar-refractivity contribution is 0.112. The highest BCUT2D eigenvalue weighted by molar-refractivity contribution is 5.91. The van der Waals surface area contributed by atoms with Crippen LogP contribution < -0.4 is 5.73 Å². The van der Waals surface area contributed by atoms with Crippen LogP contribution >= 0.6 is 0 Å². The number of aldehydes is 1. The molecule has 0 heterocycles. The smallest absolute Gasteiger partial charge is 0.150 e. The predicted molar refractivity (Wildman–Crippen MR) is 61.6 cm³/mol. The van der Waals surface area contributed by atoms with E-state index in [0.29, 0.717) is 17.3 Å². The first-order valence-electron chi connectivity index (χ1n) is 5.09. The second kappa shape index (κ2) is 3.85. The van der Waals surface area contributed by atoms with E-state index in [2.05, 4.69) is 4.99 Å². The van der Waals surface area contributed by atoms with E-state index < -0.39 is 0 Å². The van der Waals surface area contributed by atoms with Crippen molar-refractivity contribution in [3.8, 4) is 0 Å². The van der Waals surface area contributed by atoms with Gasteiger partial charge in [0.15, 0.2) is 0 Å². The lowest BCUT2D eigenvalue weighted by Gasteiger charge is -2.05. The molecule has 0 aromatic heterocycles. The number of nitrogens with zero attached hydrogens (tertiary/aromatic N) is 1. The summed E-state index contributed by atoms with van der Waals surface area (Å²) in [4.78, 5) is 15.0. The van der Waals surface area contributed by atoms with E-state index in [0.717, 1.165) is 17.4 Å². The van der Waals surface area contributed by atoms with Crippen LogP contribution in [0.1, 0.15) is 34.3 Å². The molecule has 0 bridgehead atoms. The number of carbonyl (C=O) groups excluding carboxylic acids is 1. The van der Waals surface area contributed by atoms with Gasteiger partial charge in [-0.3, -0.25) is 9.79 Å². The van der Waals surface area contributed by atoms with Gasteiger partial charge in [0.2, 0.25) is 0 Å². The topological polar surface area (TPSA) is 55.5 Å². The monoisotopic (exact) mass is 202 g/mol. The van der Waals surface area contributed by atoms with Crippen LogP contribution in [0.3, 0.4) is 0 Å². The van der Waals surface area contributed by atoms with E-state index in [9.17, 15) is 4.79 Å². The highest BCUT2D eigenvalue weighted by Crippen LogP contribution is 2.24. The largest absolute Gasteiger partial charge is 0.398 e. The van der Waals surface area contributed by atoms with Crippen molar-refractivity contribution in [2.45, 2.75) is 25.8 Å². The molecule has 2 N–H and O–H groups in total. The highest BCUT2D eigenvalue weighted by Gasteiger charge is 2.19. The van der Waals surface area contributed by atoms with Crippen LogP contribution in [0.2, 0.25) is 0 Å². The maximum atomic E-state index is 10.7. The molecular formula is C12H14N2O. The number of rotatable bonds is 3. The van der Waals surface area contributed by atoms with Gasteiger partial charge in [0.05, 0.1) is 6.04 Å². The lowest BCUT2D eigenvalue weighted by atomic mass is 10.1. The van der Waals surface area contributed by atoms with Gasteiger partial charge >= 0.3 is 0 Å². The number of hydrogen-bond acceptors (Lipinski definition) is 3. The molecule has 3 heteroatoms. The van der Waals surface area contributed by atoms with Crippen molar-refractivity contribution in [2.24, 2.45) is 4.99 Å². The summed E-state index contributed by atoms with van der Waals surface area (Å²) in [6, 6.07) is 4.04. The fraction of sp³-hybridized carbons (Fsp3) is 0.333. The number of benzene rings is 1. The number of nitrogen functional groups attached to an aromatic ring is 1. The molecule has 2 rings (SSSR count). The maximum Gasteiger partial charge on any atom is 0.150 e. The van der Waals surface area contributed by atoms with Crippen LogP contribution in [0, 0.1) is 6.92 Å². The van der Waals surface area contributed by atoms with Gasteiger partial charge in [0, 0.05) is 23.0 Å². The molecule has 1 aromatic carbocycles. The van der Waals surface area contributed by atoms with E-state index in [1.54, 1.807) is 18.3 Å². The van der Waals surface area contributed by atoms with Gasteiger partial charge in [-0.2, -0.15) is 0 Å². The summed E-state index contributed by atoms with van der Waals surface area (Å²) in [5, 5.41) is 0. The quantitative estimate of drug-likeness (QED) is 0.463. The second-order valence-corrected chi connectivity index (χ2v) is 3.97. The first-order chi connectivity index (χ1) is 7.20. The van der Waals surface area contributed by atoms with E-state index in [-0.39, 0.29) is 0 Å². The number of aliphatic imine (C=N–C) groups is 1. The minimum Gasteiger partial charge on any atom is -0.398 e. The first-order valence-corrected chi connectivity index (χ1v) is 5.09. The molecule has 0 spiro atoms. The fourth-order valence-corrected chi connectivity index (χ4v) is 1.44. The predicted octanol–water partition coefficient (Wildman–Crippen LogP) is 1.97. The van der Waals surface area contributed by atoms with Crippen molar-refractivity contribution in [1.82, 2.24) is 0 Å². The minimum atomic E-state index is 0.476. The molecule has 15 heavy (non-hydrogen) atoms. The van der Waals surface area contributed by atoms with E-state index in [1.807, 2.05) is 6.92 Å². The third-order valence-corrected chi connectivity index (χ3v) is 2.55. The molecule has 3 nitrogen and oxygen atoms in total. The standard InChI is InChI=1S/C12H14N2O/c1-8-4-9(7-15)5-10(12(8)13)6-14-11-2-3-11/h4-7,11H,2-3,13H2,1H3. The molecular weight excluding hydrogens is 188 g/mol. The molecule has 0 unspecified atom stereocenters. The van der Waals surface area contributed by atoms with Crippen molar-refractivity contribution in [3.63, 3.8) is 0 Å². The summed E-state index contributed by atoms with van der Waals surface area (Å²) in [5.74, 6) is 0. The Balaban J connectivity index is 2.34.